The SMILES string of the molecule is CC1CCCN(S(=O)(=O)c2ccc(C(=O)N(Cc3ccccn3)c3nc4ccc(F)cc4s3)cc2)C1. The summed E-state index contributed by atoms with van der Waals surface area (Å²) in [4.78, 5) is 24.2. The first kappa shape index (κ1) is 24.5. The largest absolute Gasteiger partial charge is 0.278 e. The van der Waals surface area contributed by atoms with Gasteiger partial charge in [-0.3, -0.25) is 14.7 Å². The van der Waals surface area contributed by atoms with Crippen molar-refractivity contribution in [3.63, 3.8) is 0 Å². The highest BCUT2D eigenvalue weighted by molar-refractivity contribution is 7.89. The summed E-state index contributed by atoms with van der Waals surface area (Å²) in [5, 5.41) is 0.408. The van der Waals surface area contributed by atoms with Crippen LogP contribution in [0.1, 0.15) is 35.8 Å². The maximum atomic E-state index is 13.7. The second-order valence-corrected chi connectivity index (χ2v) is 11.9. The number of hydrogen-bond acceptors (Lipinski definition) is 6. The molecule has 36 heavy (non-hydrogen) atoms. The molecule has 10 heteroatoms. The molecule has 186 valence electrons. The van der Waals surface area contributed by atoms with E-state index >= 15 is 0 Å². The quantitative estimate of drug-likeness (QED) is 0.351. The topological polar surface area (TPSA) is 83.5 Å². The summed E-state index contributed by atoms with van der Waals surface area (Å²) in [5.74, 6) is -0.410. The Balaban J connectivity index is 1.46. The lowest BCUT2D eigenvalue weighted by Gasteiger charge is -2.30. The maximum absolute atomic E-state index is 13.7. The molecule has 1 atom stereocenters. The highest BCUT2D eigenvalue weighted by Gasteiger charge is 2.29. The Labute approximate surface area is 213 Å². The van der Waals surface area contributed by atoms with Gasteiger partial charge >= 0.3 is 0 Å². The summed E-state index contributed by atoms with van der Waals surface area (Å²) in [6, 6.07) is 15.8. The third-order valence-electron chi connectivity index (χ3n) is 6.22. The Bertz CT molecular complexity index is 1490. The third-order valence-corrected chi connectivity index (χ3v) is 9.14. The summed E-state index contributed by atoms with van der Waals surface area (Å²) >= 11 is 1.21. The number of fused-ring (bicyclic) bond motifs is 1. The highest BCUT2D eigenvalue weighted by atomic mass is 32.2. The Morgan fingerprint density at radius 3 is 2.69 bits per heavy atom. The molecule has 1 saturated heterocycles. The number of amides is 1. The van der Waals surface area contributed by atoms with E-state index in [1.54, 1.807) is 18.3 Å². The van der Waals surface area contributed by atoms with Crippen molar-refractivity contribution in [3.8, 4) is 0 Å². The lowest BCUT2D eigenvalue weighted by molar-refractivity contribution is 0.0984. The average Bonchev–Trinajstić information content (AvgIpc) is 3.30. The number of sulfonamides is 1. The lowest BCUT2D eigenvalue weighted by Crippen LogP contribution is -2.39. The molecule has 0 radical (unpaired) electrons. The number of anilines is 1. The van der Waals surface area contributed by atoms with E-state index in [4.69, 9.17) is 0 Å². The minimum absolute atomic E-state index is 0.160. The van der Waals surface area contributed by atoms with Gasteiger partial charge in [-0.05, 0) is 73.4 Å². The molecular formula is C26H25FN4O3S2. The van der Waals surface area contributed by atoms with Crippen LogP contribution in [-0.2, 0) is 16.6 Å². The van der Waals surface area contributed by atoms with Gasteiger partial charge in [-0.2, -0.15) is 4.31 Å². The number of carbonyl (C=O) groups excluding carboxylic acids is 1. The Hall–Kier alpha value is -3.21. The third kappa shape index (κ3) is 5.02. The number of nitrogens with zero attached hydrogens (tertiary/aromatic N) is 4. The molecule has 0 saturated carbocycles. The van der Waals surface area contributed by atoms with Crippen molar-refractivity contribution in [2.45, 2.75) is 31.2 Å². The summed E-state index contributed by atoms with van der Waals surface area (Å²) in [5.41, 5.74) is 1.57. The predicted molar refractivity (Wildman–Crippen MR) is 138 cm³/mol. The first-order valence-corrected chi connectivity index (χ1v) is 13.9. The van der Waals surface area contributed by atoms with Crippen LogP contribution in [0, 0.1) is 11.7 Å². The first-order valence-electron chi connectivity index (χ1n) is 11.7. The zero-order chi connectivity index (χ0) is 25.3. The van der Waals surface area contributed by atoms with Crippen LogP contribution in [0.4, 0.5) is 9.52 Å². The van der Waals surface area contributed by atoms with Gasteiger partial charge in [-0.25, -0.2) is 17.8 Å². The maximum Gasteiger partial charge on any atom is 0.260 e. The van der Waals surface area contributed by atoms with Gasteiger partial charge in [0.05, 0.1) is 27.4 Å². The Morgan fingerprint density at radius 2 is 1.97 bits per heavy atom. The monoisotopic (exact) mass is 524 g/mol. The number of aromatic nitrogens is 2. The summed E-state index contributed by atoms with van der Waals surface area (Å²) in [7, 11) is -3.63. The van der Waals surface area contributed by atoms with Crippen LogP contribution in [0.3, 0.4) is 0 Å². The number of halogens is 1. The summed E-state index contributed by atoms with van der Waals surface area (Å²) in [6.45, 7) is 3.21. The van der Waals surface area contributed by atoms with Crippen LogP contribution in [-0.4, -0.2) is 41.7 Å². The molecule has 0 N–H and O–H groups in total. The summed E-state index contributed by atoms with van der Waals surface area (Å²) < 4.78 is 42.1. The van der Waals surface area contributed by atoms with Crippen molar-refractivity contribution in [3.05, 3.63) is 83.9 Å². The van der Waals surface area contributed by atoms with Crippen LogP contribution in [0.5, 0.6) is 0 Å². The molecule has 2 aromatic heterocycles. The van der Waals surface area contributed by atoms with E-state index in [1.165, 1.54) is 56.9 Å². The second kappa shape index (κ2) is 10.0. The Morgan fingerprint density at radius 1 is 1.17 bits per heavy atom. The van der Waals surface area contributed by atoms with E-state index in [-0.39, 0.29) is 23.2 Å². The fourth-order valence-electron chi connectivity index (χ4n) is 4.32. The van der Waals surface area contributed by atoms with Gasteiger partial charge in [0, 0.05) is 24.8 Å². The van der Waals surface area contributed by atoms with Gasteiger partial charge in [0.2, 0.25) is 10.0 Å². The van der Waals surface area contributed by atoms with Gasteiger partial charge in [0.1, 0.15) is 5.82 Å². The van der Waals surface area contributed by atoms with Crippen molar-refractivity contribution in [2.75, 3.05) is 18.0 Å². The fourth-order valence-corrected chi connectivity index (χ4v) is 6.91. The molecule has 1 fully saturated rings. The van der Waals surface area contributed by atoms with Crippen LogP contribution < -0.4 is 4.90 Å². The number of hydrogen-bond donors (Lipinski definition) is 0. The van der Waals surface area contributed by atoms with Gasteiger partial charge in [0.15, 0.2) is 5.13 Å². The molecule has 3 heterocycles. The minimum Gasteiger partial charge on any atom is -0.278 e. The Kier molecular flexibility index (Phi) is 6.83. The molecule has 0 aliphatic carbocycles. The number of carbonyl (C=O) groups is 1. The van der Waals surface area contributed by atoms with E-state index in [2.05, 4.69) is 16.9 Å². The lowest BCUT2D eigenvalue weighted by atomic mass is 10.0. The first-order chi connectivity index (χ1) is 17.3. The number of pyridine rings is 1. The molecule has 1 amide bonds. The highest BCUT2D eigenvalue weighted by Crippen LogP contribution is 2.31. The molecule has 7 nitrogen and oxygen atoms in total. The van der Waals surface area contributed by atoms with Crippen LogP contribution in [0.15, 0.2) is 71.8 Å². The smallest absolute Gasteiger partial charge is 0.260 e. The number of thiazole rings is 1. The molecular weight excluding hydrogens is 499 g/mol. The minimum atomic E-state index is -3.63. The van der Waals surface area contributed by atoms with Gasteiger partial charge in [-0.15, -0.1) is 0 Å². The van der Waals surface area contributed by atoms with Crippen molar-refractivity contribution in [2.24, 2.45) is 5.92 Å². The molecule has 1 aliphatic heterocycles. The standard InChI is InChI=1S/C26H25FN4O3S2/c1-18-5-4-14-30(16-18)36(33,34)22-10-7-19(8-11-22)25(32)31(17-21-6-2-3-13-28-21)26-29-23-12-9-20(27)15-24(23)35-26/h2-3,6-13,15,18H,4-5,14,16-17H2,1H3. The van der Waals surface area contributed by atoms with Gasteiger partial charge in [0.25, 0.3) is 5.91 Å². The van der Waals surface area contributed by atoms with Gasteiger partial charge in [-0.1, -0.05) is 24.3 Å². The van der Waals surface area contributed by atoms with Crippen LogP contribution in [0.2, 0.25) is 0 Å². The van der Waals surface area contributed by atoms with Crippen molar-refractivity contribution in [1.29, 1.82) is 0 Å². The zero-order valence-corrected chi connectivity index (χ0v) is 21.3. The number of rotatable bonds is 6. The van der Waals surface area contributed by atoms with E-state index in [1.807, 2.05) is 12.1 Å². The number of benzene rings is 2. The molecule has 4 aromatic rings. The van der Waals surface area contributed by atoms with E-state index in [0.29, 0.717) is 45.6 Å². The number of piperidine rings is 1. The average molecular weight is 525 g/mol. The normalized spacial score (nSPS) is 16.8. The van der Waals surface area contributed by atoms with Crippen molar-refractivity contribution >= 4 is 42.6 Å². The van der Waals surface area contributed by atoms with E-state index in [0.717, 1.165) is 12.8 Å². The fraction of sp³-hybridized carbons (Fsp3) is 0.269. The van der Waals surface area contributed by atoms with Crippen LogP contribution >= 0.6 is 11.3 Å². The molecule has 0 bridgehead atoms. The van der Waals surface area contributed by atoms with Crippen LogP contribution in [0.25, 0.3) is 10.2 Å². The molecule has 2 aromatic carbocycles. The van der Waals surface area contributed by atoms with E-state index in [9.17, 15) is 17.6 Å². The molecule has 1 unspecified atom stereocenters. The molecule has 0 spiro atoms. The summed E-state index contributed by atoms with van der Waals surface area (Å²) in [6.07, 6.45) is 3.50. The predicted octanol–water partition coefficient (Wildman–Crippen LogP) is 5.10. The van der Waals surface area contributed by atoms with E-state index < -0.39 is 10.0 Å². The zero-order valence-electron chi connectivity index (χ0n) is 19.7. The van der Waals surface area contributed by atoms with Gasteiger partial charge < -0.3 is 0 Å². The second-order valence-electron chi connectivity index (χ2n) is 8.96. The van der Waals surface area contributed by atoms with Crippen molar-refractivity contribution in [1.82, 2.24) is 14.3 Å². The molecule has 5 rings (SSSR count). The molecule has 1 aliphatic rings. The van der Waals surface area contributed by atoms with Crippen molar-refractivity contribution < 1.29 is 17.6 Å².